The van der Waals surface area contributed by atoms with E-state index in [0.29, 0.717) is 16.7 Å². The molecule has 0 aliphatic heterocycles. The molecule has 4 rings (SSSR count). The number of nitrogens with two attached hydrogens (primary N) is 2. The van der Waals surface area contributed by atoms with E-state index >= 15 is 0 Å². The van der Waals surface area contributed by atoms with Crippen molar-refractivity contribution in [3.8, 4) is 0 Å². The maximum absolute atomic E-state index is 11.8. The lowest BCUT2D eigenvalue weighted by atomic mass is 9.91. The summed E-state index contributed by atoms with van der Waals surface area (Å²) < 4.78 is 0. The fourth-order valence-corrected chi connectivity index (χ4v) is 3.71. The van der Waals surface area contributed by atoms with Gasteiger partial charge in [-0.1, -0.05) is 36.6 Å². The zero-order valence-electron chi connectivity index (χ0n) is 15.1. The number of fused-ring (bicyclic) bond motifs is 1. The van der Waals surface area contributed by atoms with Gasteiger partial charge in [0.25, 0.3) is 5.91 Å². The van der Waals surface area contributed by atoms with Crippen LogP contribution in [0.3, 0.4) is 0 Å². The van der Waals surface area contributed by atoms with Crippen LogP contribution in [-0.4, -0.2) is 38.2 Å². The lowest BCUT2D eigenvalue weighted by Crippen LogP contribution is -2.43. The number of carbonyl (C=O) groups is 1. The molecule has 0 radical (unpaired) electrons. The van der Waals surface area contributed by atoms with E-state index in [1.807, 2.05) is 18.2 Å². The number of hydrogen-bond acceptors (Lipinski definition) is 7. The number of aromatic nitrogens is 4. The number of nitrogens with zero attached hydrogens (tertiary/aromatic N) is 3. The van der Waals surface area contributed by atoms with E-state index in [1.165, 1.54) is 0 Å². The van der Waals surface area contributed by atoms with E-state index in [9.17, 15) is 4.79 Å². The highest BCUT2D eigenvalue weighted by molar-refractivity contribution is 6.36. The first-order valence-corrected chi connectivity index (χ1v) is 9.50. The van der Waals surface area contributed by atoms with Crippen LogP contribution in [0.15, 0.2) is 24.4 Å². The minimum Gasteiger partial charge on any atom is -0.364 e. The number of hydrogen-bond donors (Lipinski definition) is 5. The van der Waals surface area contributed by atoms with Crippen LogP contribution in [0.2, 0.25) is 5.02 Å². The van der Waals surface area contributed by atoms with Crippen LogP contribution >= 0.6 is 11.6 Å². The van der Waals surface area contributed by atoms with Crippen molar-refractivity contribution in [2.24, 2.45) is 11.5 Å². The minimum absolute atomic E-state index is 0.0272. The molecule has 28 heavy (non-hydrogen) atoms. The molecular formula is C18H21ClN8O. The molecule has 1 aliphatic carbocycles. The molecule has 1 amide bonds. The van der Waals surface area contributed by atoms with E-state index in [1.54, 1.807) is 6.20 Å². The highest BCUT2D eigenvalue weighted by atomic mass is 35.5. The predicted molar refractivity (Wildman–Crippen MR) is 109 cm³/mol. The van der Waals surface area contributed by atoms with Gasteiger partial charge >= 0.3 is 0 Å². The number of carbonyl (C=O) groups excluding carboxylic acids is 1. The molecule has 146 valence electrons. The van der Waals surface area contributed by atoms with Crippen molar-refractivity contribution in [1.82, 2.24) is 20.2 Å². The van der Waals surface area contributed by atoms with Gasteiger partial charge in [-0.05, 0) is 18.9 Å². The summed E-state index contributed by atoms with van der Waals surface area (Å²) in [7, 11) is 0. The summed E-state index contributed by atoms with van der Waals surface area (Å²) in [5.41, 5.74) is 13.1. The Kier molecular flexibility index (Phi) is 5.01. The van der Waals surface area contributed by atoms with Gasteiger partial charge in [-0.2, -0.15) is 4.98 Å². The average Bonchev–Trinajstić information content (AvgIpc) is 3.06. The highest BCUT2D eigenvalue weighted by Gasteiger charge is 2.23. The molecule has 1 aromatic carbocycles. The first-order valence-electron chi connectivity index (χ1n) is 9.12. The van der Waals surface area contributed by atoms with E-state index in [2.05, 4.69) is 30.8 Å². The Balaban J connectivity index is 1.67. The van der Waals surface area contributed by atoms with Crippen molar-refractivity contribution in [3.05, 3.63) is 35.1 Å². The quantitative estimate of drug-likeness (QED) is 0.442. The molecular weight excluding hydrogens is 380 g/mol. The van der Waals surface area contributed by atoms with Crippen molar-refractivity contribution >= 4 is 45.9 Å². The molecule has 7 N–H and O–H groups in total. The van der Waals surface area contributed by atoms with Crippen LogP contribution in [-0.2, 0) is 0 Å². The van der Waals surface area contributed by atoms with Crippen molar-refractivity contribution in [3.63, 3.8) is 0 Å². The smallest absolute Gasteiger partial charge is 0.273 e. The number of aromatic amines is 1. The Hall–Kier alpha value is -2.91. The normalized spacial score (nSPS) is 19.5. The predicted octanol–water partition coefficient (Wildman–Crippen LogP) is 2.53. The lowest BCUT2D eigenvalue weighted by molar-refractivity contribution is 0.0995. The average molecular weight is 401 g/mol. The van der Waals surface area contributed by atoms with Crippen molar-refractivity contribution < 1.29 is 4.79 Å². The summed E-state index contributed by atoms with van der Waals surface area (Å²) in [4.78, 5) is 19.3. The maximum Gasteiger partial charge on any atom is 0.273 e. The fourth-order valence-electron chi connectivity index (χ4n) is 3.50. The fraction of sp³-hybridized carbons (Fsp3) is 0.333. The number of amides is 1. The van der Waals surface area contributed by atoms with Crippen LogP contribution in [0, 0.1) is 0 Å². The van der Waals surface area contributed by atoms with Crippen LogP contribution in [0.4, 0.5) is 17.5 Å². The largest absolute Gasteiger partial charge is 0.364 e. The molecule has 3 aromatic rings. The van der Waals surface area contributed by atoms with Gasteiger partial charge in [-0.15, -0.1) is 10.2 Å². The molecule has 0 spiro atoms. The summed E-state index contributed by atoms with van der Waals surface area (Å²) in [5.74, 6) is -0.209. The summed E-state index contributed by atoms with van der Waals surface area (Å²) in [6.45, 7) is 0. The molecule has 0 unspecified atom stereocenters. The molecule has 0 bridgehead atoms. The molecule has 0 saturated heterocycles. The first-order chi connectivity index (χ1) is 13.5. The summed E-state index contributed by atoms with van der Waals surface area (Å²) in [6, 6.07) is 5.67. The van der Waals surface area contributed by atoms with Crippen LogP contribution in [0.5, 0.6) is 0 Å². The second kappa shape index (κ2) is 7.61. The van der Waals surface area contributed by atoms with Gasteiger partial charge in [0.05, 0.1) is 16.2 Å². The van der Waals surface area contributed by atoms with Gasteiger partial charge in [-0.25, -0.2) is 0 Å². The summed E-state index contributed by atoms with van der Waals surface area (Å²) >= 11 is 6.18. The Bertz CT molecular complexity index is 1020. The number of primary amides is 1. The van der Waals surface area contributed by atoms with Gasteiger partial charge in [0, 0.05) is 23.7 Å². The van der Waals surface area contributed by atoms with Gasteiger partial charge in [0.1, 0.15) is 0 Å². The topological polar surface area (TPSA) is 148 Å². The third-order valence-electron chi connectivity index (χ3n) is 4.97. The SMILES string of the molecule is NC(=O)c1nnc(N[C@@H]2CCCC[C@@H]2N)nc1Nc1cccc2c(Cl)c[nH]c12. The van der Waals surface area contributed by atoms with Gasteiger partial charge < -0.3 is 27.1 Å². The third kappa shape index (κ3) is 3.58. The molecule has 2 aromatic heterocycles. The molecule has 2 atom stereocenters. The van der Waals surface area contributed by atoms with E-state index in [0.717, 1.165) is 36.6 Å². The van der Waals surface area contributed by atoms with Gasteiger partial charge in [-0.3, -0.25) is 4.79 Å². The van der Waals surface area contributed by atoms with Gasteiger partial charge in [0.2, 0.25) is 5.95 Å². The zero-order chi connectivity index (χ0) is 19.7. The number of H-pyrrole nitrogens is 1. The van der Waals surface area contributed by atoms with Crippen LogP contribution in [0.1, 0.15) is 36.2 Å². The number of rotatable bonds is 5. The second-order valence-electron chi connectivity index (χ2n) is 6.89. The number of halogens is 1. The lowest BCUT2D eigenvalue weighted by Gasteiger charge is -2.29. The first kappa shape index (κ1) is 18.5. The molecule has 1 saturated carbocycles. The number of para-hydroxylation sites is 1. The number of nitrogens with one attached hydrogen (secondary N) is 3. The highest BCUT2D eigenvalue weighted by Crippen LogP contribution is 2.30. The molecule has 1 fully saturated rings. The Morgan fingerprint density at radius 1 is 1.25 bits per heavy atom. The van der Waals surface area contributed by atoms with Gasteiger partial charge in [0.15, 0.2) is 11.5 Å². The Morgan fingerprint density at radius 3 is 2.86 bits per heavy atom. The van der Waals surface area contributed by atoms with E-state index < -0.39 is 5.91 Å². The van der Waals surface area contributed by atoms with E-state index in [-0.39, 0.29) is 23.6 Å². The number of anilines is 3. The van der Waals surface area contributed by atoms with Crippen molar-refractivity contribution in [2.45, 2.75) is 37.8 Å². The Morgan fingerprint density at radius 2 is 2.07 bits per heavy atom. The molecule has 9 nitrogen and oxygen atoms in total. The molecule has 1 aliphatic rings. The minimum atomic E-state index is -0.722. The monoisotopic (exact) mass is 400 g/mol. The van der Waals surface area contributed by atoms with Crippen molar-refractivity contribution in [2.75, 3.05) is 10.6 Å². The van der Waals surface area contributed by atoms with Crippen LogP contribution in [0.25, 0.3) is 10.9 Å². The molecule has 2 heterocycles. The standard InChI is InChI=1S/C18H21ClN8O/c19-10-8-22-14-9(10)4-3-7-13(14)23-17-15(16(21)28)26-27-18(25-17)24-12-6-2-1-5-11(12)20/h3-4,7-8,11-12,22H,1-2,5-6,20H2,(H2,21,28)(H2,23,24,25,27)/t11-,12+/m0/s1. The Labute approximate surface area is 166 Å². The zero-order valence-corrected chi connectivity index (χ0v) is 15.8. The second-order valence-corrected chi connectivity index (χ2v) is 7.29. The summed E-state index contributed by atoms with van der Waals surface area (Å²) in [6.07, 6.45) is 5.80. The maximum atomic E-state index is 11.8. The third-order valence-corrected chi connectivity index (χ3v) is 5.28. The van der Waals surface area contributed by atoms with Crippen LogP contribution < -0.4 is 22.1 Å². The molecule has 10 heteroatoms. The summed E-state index contributed by atoms with van der Waals surface area (Å²) in [5, 5.41) is 15.8. The number of benzene rings is 1. The van der Waals surface area contributed by atoms with Crippen molar-refractivity contribution in [1.29, 1.82) is 0 Å². The van der Waals surface area contributed by atoms with E-state index in [4.69, 9.17) is 23.1 Å².